The molecule has 0 atom stereocenters. The minimum Gasteiger partial charge on any atom is -0.225 e. The monoisotopic (exact) mass is 342 g/mol. The van der Waals surface area contributed by atoms with Crippen molar-refractivity contribution < 1.29 is 0 Å². The molecule has 4 nitrogen and oxygen atoms in total. The molecule has 0 N–H and O–H groups in total. The summed E-state index contributed by atoms with van der Waals surface area (Å²) in [5.74, 6) is 0.698. The highest BCUT2D eigenvalue weighted by molar-refractivity contribution is 7.18. The number of benzene rings is 1. The number of azo groups is 1. The molecule has 0 amide bonds. The van der Waals surface area contributed by atoms with Gasteiger partial charge in [-0.05, 0) is 48.9 Å². The fraction of sp³-hybridized carbons (Fsp3) is 0.294. The quantitative estimate of drug-likeness (QED) is 0.589. The minimum atomic E-state index is 0.523. The first-order valence-electron chi connectivity index (χ1n) is 7.68. The van der Waals surface area contributed by atoms with Crippen LogP contribution in [0.1, 0.15) is 28.8 Å². The molecule has 23 heavy (non-hydrogen) atoms. The van der Waals surface area contributed by atoms with Crippen LogP contribution in [0, 0.1) is 0 Å². The second-order valence-corrected chi connectivity index (χ2v) is 7.13. The lowest BCUT2D eigenvalue weighted by Crippen LogP contribution is -1.98. The van der Waals surface area contributed by atoms with E-state index in [0.717, 1.165) is 33.6 Å². The number of hydrogen-bond acceptors (Lipinski definition) is 5. The molecule has 0 aliphatic heterocycles. The summed E-state index contributed by atoms with van der Waals surface area (Å²) in [4.78, 5) is 11.2. The Bertz CT molecular complexity index is 870. The maximum absolute atomic E-state index is 5.89. The summed E-state index contributed by atoms with van der Waals surface area (Å²) in [6, 6.07) is 7.65. The maximum atomic E-state index is 5.89. The van der Waals surface area contributed by atoms with Crippen LogP contribution in [0.4, 0.5) is 5.82 Å². The van der Waals surface area contributed by atoms with E-state index in [0.29, 0.717) is 12.4 Å². The lowest BCUT2D eigenvalue weighted by atomic mass is 9.97. The largest absolute Gasteiger partial charge is 0.225 e. The Labute approximate surface area is 143 Å². The van der Waals surface area contributed by atoms with Crippen molar-refractivity contribution in [2.24, 2.45) is 10.2 Å². The van der Waals surface area contributed by atoms with Gasteiger partial charge in [0, 0.05) is 9.90 Å². The smallest absolute Gasteiger partial charge is 0.186 e. The zero-order chi connectivity index (χ0) is 15.6. The second kappa shape index (κ2) is 6.34. The Balaban J connectivity index is 1.64. The van der Waals surface area contributed by atoms with Gasteiger partial charge in [-0.2, -0.15) is 5.11 Å². The van der Waals surface area contributed by atoms with Crippen LogP contribution in [0.15, 0.2) is 40.8 Å². The van der Waals surface area contributed by atoms with Gasteiger partial charge in [-0.15, -0.1) is 16.5 Å². The van der Waals surface area contributed by atoms with E-state index in [4.69, 9.17) is 11.6 Å². The molecule has 0 fully saturated rings. The molecular weight excluding hydrogens is 328 g/mol. The Morgan fingerprint density at radius 3 is 2.78 bits per heavy atom. The molecule has 0 unspecified atom stereocenters. The van der Waals surface area contributed by atoms with Gasteiger partial charge < -0.3 is 0 Å². The Morgan fingerprint density at radius 1 is 1.09 bits per heavy atom. The molecule has 1 aromatic carbocycles. The number of aryl methyl sites for hydroxylation is 2. The SMILES string of the molecule is Clc1ccc(CN=Nc2ncnc3sc4c(c23)CCCC4)cc1. The van der Waals surface area contributed by atoms with Gasteiger partial charge in [-0.3, -0.25) is 0 Å². The maximum Gasteiger partial charge on any atom is 0.186 e. The molecule has 0 radical (unpaired) electrons. The van der Waals surface area contributed by atoms with Crippen LogP contribution in [-0.2, 0) is 19.4 Å². The van der Waals surface area contributed by atoms with Crippen molar-refractivity contribution in [3.05, 3.63) is 51.6 Å². The molecule has 0 saturated heterocycles. The lowest BCUT2D eigenvalue weighted by molar-refractivity contribution is 0.700. The van der Waals surface area contributed by atoms with Gasteiger partial charge in [0.15, 0.2) is 5.82 Å². The van der Waals surface area contributed by atoms with E-state index in [-0.39, 0.29) is 0 Å². The Hall–Kier alpha value is -1.85. The van der Waals surface area contributed by atoms with Crippen molar-refractivity contribution in [1.29, 1.82) is 0 Å². The third-order valence-corrected chi connectivity index (χ3v) is 5.52. The number of thiophene rings is 1. The van der Waals surface area contributed by atoms with Crippen LogP contribution in [0.25, 0.3) is 10.2 Å². The summed E-state index contributed by atoms with van der Waals surface area (Å²) in [6.07, 6.45) is 6.33. The fourth-order valence-corrected chi connectivity index (χ4v) is 4.27. The molecule has 4 rings (SSSR count). The topological polar surface area (TPSA) is 50.5 Å². The third kappa shape index (κ3) is 2.99. The lowest BCUT2D eigenvalue weighted by Gasteiger charge is -2.10. The van der Waals surface area contributed by atoms with Crippen LogP contribution in [0.2, 0.25) is 5.02 Å². The molecule has 2 heterocycles. The van der Waals surface area contributed by atoms with Crippen LogP contribution in [-0.4, -0.2) is 9.97 Å². The zero-order valence-electron chi connectivity index (χ0n) is 12.5. The minimum absolute atomic E-state index is 0.523. The number of nitrogens with zero attached hydrogens (tertiary/aromatic N) is 4. The summed E-state index contributed by atoms with van der Waals surface area (Å²) >= 11 is 7.67. The Kier molecular flexibility index (Phi) is 4.06. The van der Waals surface area contributed by atoms with E-state index in [2.05, 4.69) is 20.2 Å². The summed E-state index contributed by atoms with van der Waals surface area (Å²) in [5.41, 5.74) is 2.47. The molecule has 3 aromatic rings. The fourth-order valence-electron chi connectivity index (χ4n) is 2.92. The van der Waals surface area contributed by atoms with Crippen LogP contribution < -0.4 is 0 Å². The van der Waals surface area contributed by atoms with Crippen molar-refractivity contribution in [2.75, 3.05) is 0 Å². The van der Waals surface area contributed by atoms with Crippen molar-refractivity contribution in [2.45, 2.75) is 32.2 Å². The van der Waals surface area contributed by atoms with E-state index in [1.807, 2.05) is 24.3 Å². The highest BCUT2D eigenvalue weighted by atomic mass is 35.5. The van der Waals surface area contributed by atoms with Crippen molar-refractivity contribution >= 4 is 39.0 Å². The third-order valence-electron chi connectivity index (χ3n) is 4.06. The van der Waals surface area contributed by atoms with Gasteiger partial charge in [-0.25, -0.2) is 9.97 Å². The molecular formula is C17H15ClN4S. The number of halogens is 1. The molecule has 6 heteroatoms. The zero-order valence-corrected chi connectivity index (χ0v) is 14.1. The number of rotatable bonds is 3. The van der Waals surface area contributed by atoms with Gasteiger partial charge in [0.1, 0.15) is 11.2 Å². The average molecular weight is 343 g/mol. The number of aromatic nitrogens is 2. The molecule has 0 bridgehead atoms. The van der Waals surface area contributed by atoms with Gasteiger partial charge in [-0.1, -0.05) is 23.7 Å². The molecule has 1 aliphatic carbocycles. The summed E-state index contributed by atoms with van der Waals surface area (Å²) in [7, 11) is 0. The summed E-state index contributed by atoms with van der Waals surface area (Å²) in [5, 5.41) is 10.5. The Morgan fingerprint density at radius 2 is 1.91 bits per heavy atom. The van der Waals surface area contributed by atoms with Crippen molar-refractivity contribution in [1.82, 2.24) is 9.97 Å². The van der Waals surface area contributed by atoms with E-state index in [9.17, 15) is 0 Å². The second-order valence-electron chi connectivity index (χ2n) is 5.61. The van der Waals surface area contributed by atoms with Gasteiger partial charge >= 0.3 is 0 Å². The van der Waals surface area contributed by atoms with E-state index in [1.54, 1.807) is 17.7 Å². The summed E-state index contributed by atoms with van der Waals surface area (Å²) in [6.45, 7) is 0.523. The number of hydrogen-bond donors (Lipinski definition) is 0. The van der Waals surface area contributed by atoms with Gasteiger partial charge in [0.05, 0.1) is 11.9 Å². The van der Waals surface area contributed by atoms with Gasteiger partial charge in [0.25, 0.3) is 0 Å². The highest BCUT2D eigenvalue weighted by Gasteiger charge is 2.19. The van der Waals surface area contributed by atoms with E-state index >= 15 is 0 Å². The molecule has 116 valence electrons. The average Bonchev–Trinajstić information content (AvgIpc) is 2.96. The van der Waals surface area contributed by atoms with Crippen LogP contribution >= 0.6 is 22.9 Å². The first-order chi connectivity index (χ1) is 11.3. The number of fused-ring (bicyclic) bond motifs is 3. The summed E-state index contributed by atoms with van der Waals surface area (Å²) < 4.78 is 0. The van der Waals surface area contributed by atoms with Crippen molar-refractivity contribution in [3.8, 4) is 0 Å². The van der Waals surface area contributed by atoms with Crippen LogP contribution in [0.5, 0.6) is 0 Å². The van der Waals surface area contributed by atoms with Gasteiger partial charge in [0.2, 0.25) is 0 Å². The predicted molar refractivity (Wildman–Crippen MR) is 93.7 cm³/mol. The standard InChI is InChI=1S/C17H15ClN4S/c18-12-7-5-11(6-8-12)9-21-22-16-15-13-3-1-2-4-14(13)23-17(15)20-10-19-16/h5-8,10H,1-4,9H2. The first-order valence-corrected chi connectivity index (χ1v) is 8.88. The molecule has 0 saturated carbocycles. The van der Waals surface area contributed by atoms with Crippen molar-refractivity contribution in [3.63, 3.8) is 0 Å². The molecule has 1 aliphatic rings. The van der Waals surface area contributed by atoms with Crippen LogP contribution in [0.3, 0.4) is 0 Å². The predicted octanol–water partition coefficient (Wildman–Crippen LogP) is 5.51. The highest BCUT2D eigenvalue weighted by Crippen LogP contribution is 2.39. The normalized spacial score (nSPS) is 14.5. The molecule has 0 spiro atoms. The van der Waals surface area contributed by atoms with E-state index in [1.165, 1.54) is 23.3 Å². The first kappa shape index (κ1) is 14.7. The van der Waals surface area contributed by atoms with E-state index < -0.39 is 0 Å². The molecule has 2 aromatic heterocycles.